The SMILES string of the molecule is CN1CCC(n2cc(Nc3cc(Nc4cccc5c4C(=O)N(C)CC5)c(C#N)cn3)cn2)CC1. The number of benzene rings is 1. The van der Waals surface area contributed by atoms with Crippen LogP contribution >= 0.6 is 0 Å². The van der Waals surface area contributed by atoms with Gasteiger partial charge in [-0.15, -0.1) is 0 Å². The normalized spacial score (nSPS) is 16.7. The highest BCUT2D eigenvalue weighted by Crippen LogP contribution is 2.31. The Hall–Kier alpha value is -3.90. The Kier molecular flexibility index (Phi) is 5.90. The van der Waals surface area contributed by atoms with Crippen molar-refractivity contribution < 1.29 is 4.79 Å². The van der Waals surface area contributed by atoms with Gasteiger partial charge in [0.1, 0.15) is 11.9 Å². The number of nitriles is 1. The van der Waals surface area contributed by atoms with Crippen LogP contribution in [-0.2, 0) is 6.42 Å². The molecule has 0 aliphatic carbocycles. The van der Waals surface area contributed by atoms with Crippen LogP contribution in [0, 0.1) is 11.3 Å². The molecule has 174 valence electrons. The maximum Gasteiger partial charge on any atom is 0.255 e. The van der Waals surface area contributed by atoms with Gasteiger partial charge in [0.05, 0.1) is 40.4 Å². The van der Waals surface area contributed by atoms with Crippen LogP contribution in [0.15, 0.2) is 42.9 Å². The number of carbonyl (C=O) groups is 1. The number of hydrogen-bond donors (Lipinski definition) is 2. The van der Waals surface area contributed by atoms with Crippen molar-refractivity contribution in [2.24, 2.45) is 0 Å². The third-order valence-electron chi connectivity index (χ3n) is 6.66. The largest absolute Gasteiger partial charge is 0.354 e. The molecule has 0 spiro atoms. The number of hydrogen-bond acceptors (Lipinski definition) is 7. The van der Waals surface area contributed by atoms with Crippen molar-refractivity contribution in [2.45, 2.75) is 25.3 Å². The molecule has 2 aliphatic heterocycles. The molecule has 1 fully saturated rings. The van der Waals surface area contributed by atoms with E-state index in [-0.39, 0.29) is 5.91 Å². The molecule has 1 saturated heterocycles. The second kappa shape index (κ2) is 9.15. The topological polar surface area (TPSA) is 102 Å². The molecule has 2 aliphatic rings. The summed E-state index contributed by atoms with van der Waals surface area (Å²) in [4.78, 5) is 21.3. The molecule has 0 bridgehead atoms. The first kappa shape index (κ1) is 21.9. The van der Waals surface area contributed by atoms with Crippen LogP contribution in [0.3, 0.4) is 0 Å². The Morgan fingerprint density at radius 2 is 1.91 bits per heavy atom. The minimum Gasteiger partial charge on any atom is -0.354 e. The second-order valence-electron chi connectivity index (χ2n) is 9.04. The Balaban J connectivity index is 1.38. The number of pyridine rings is 1. The number of carbonyl (C=O) groups excluding carboxylic acids is 1. The van der Waals surface area contributed by atoms with Crippen LogP contribution in [0.1, 0.15) is 40.4 Å². The molecule has 2 aromatic heterocycles. The van der Waals surface area contributed by atoms with E-state index in [1.54, 1.807) is 17.2 Å². The Bertz CT molecular complexity index is 1250. The summed E-state index contributed by atoms with van der Waals surface area (Å²) >= 11 is 0. The first-order chi connectivity index (χ1) is 16.5. The van der Waals surface area contributed by atoms with Crippen molar-refractivity contribution in [3.8, 4) is 6.07 Å². The highest BCUT2D eigenvalue weighted by Gasteiger charge is 2.25. The lowest BCUT2D eigenvalue weighted by Crippen LogP contribution is -2.34. The molecule has 0 radical (unpaired) electrons. The Labute approximate surface area is 199 Å². The molecule has 4 heterocycles. The van der Waals surface area contributed by atoms with E-state index in [1.165, 1.54) is 6.20 Å². The standard InChI is InChI=1S/C25H28N8O/c1-31-9-7-20(8-10-31)33-16-19(15-28-33)29-23-12-22(18(13-26)14-27-23)30-21-5-3-4-17-6-11-32(2)25(34)24(17)21/h3-5,12,14-16,20H,6-11H2,1-2H3,(H2,27,29,30). The smallest absolute Gasteiger partial charge is 0.255 e. The van der Waals surface area contributed by atoms with E-state index in [2.05, 4.69) is 38.7 Å². The van der Waals surface area contributed by atoms with Crippen LogP contribution in [0.5, 0.6) is 0 Å². The van der Waals surface area contributed by atoms with Gasteiger partial charge < -0.3 is 20.4 Å². The molecule has 2 N–H and O–H groups in total. The first-order valence-electron chi connectivity index (χ1n) is 11.6. The van der Waals surface area contributed by atoms with Crippen molar-refractivity contribution in [2.75, 3.05) is 44.4 Å². The predicted molar refractivity (Wildman–Crippen MR) is 131 cm³/mol. The maximum atomic E-state index is 12.8. The van der Waals surface area contributed by atoms with E-state index in [1.807, 2.05) is 36.1 Å². The average Bonchev–Trinajstić information content (AvgIpc) is 3.30. The van der Waals surface area contributed by atoms with E-state index < -0.39 is 0 Å². The highest BCUT2D eigenvalue weighted by atomic mass is 16.2. The molecule has 0 atom stereocenters. The zero-order valence-corrected chi connectivity index (χ0v) is 19.5. The number of anilines is 4. The molecule has 34 heavy (non-hydrogen) atoms. The number of piperidine rings is 1. The van der Waals surface area contributed by atoms with Gasteiger partial charge in [-0.2, -0.15) is 10.4 Å². The fourth-order valence-corrected chi connectivity index (χ4v) is 4.62. The summed E-state index contributed by atoms with van der Waals surface area (Å²) < 4.78 is 2.02. The minimum atomic E-state index is -0.0171. The van der Waals surface area contributed by atoms with Crippen molar-refractivity contribution in [1.82, 2.24) is 24.6 Å². The molecule has 9 heteroatoms. The molecular weight excluding hydrogens is 428 g/mol. The van der Waals surface area contributed by atoms with Crippen molar-refractivity contribution in [3.05, 3.63) is 59.5 Å². The third-order valence-corrected chi connectivity index (χ3v) is 6.66. The van der Waals surface area contributed by atoms with E-state index in [0.29, 0.717) is 40.9 Å². The van der Waals surface area contributed by atoms with E-state index >= 15 is 0 Å². The van der Waals surface area contributed by atoms with Gasteiger partial charge in [0.2, 0.25) is 0 Å². The quantitative estimate of drug-likeness (QED) is 0.605. The van der Waals surface area contributed by atoms with Gasteiger partial charge in [-0.05, 0) is 51.0 Å². The summed E-state index contributed by atoms with van der Waals surface area (Å²) in [6.07, 6.45) is 8.31. The van der Waals surface area contributed by atoms with Gasteiger partial charge in [-0.3, -0.25) is 9.48 Å². The van der Waals surface area contributed by atoms with Gasteiger partial charge in [0, 0.05) is 32.1 Å². The molecule has 1 aromatic carbocycles. The Morgan fingerprint density at radius 1 is 1.09 bits per heavy atom. The lowest BCUT2D eigenvalue weighted by atomic mass is 9.97. The highest BCUT2D eigenvalue weighted by molar-refractivity contribution is 6.02. The molecule has 3 aromatic rings. The van der Waals surface area contributed by atoms with Gasteiger partial charge in [-0.25, -0.2) is 4.98 Å². The zero-order chi connectivity index (χ0) is 23.7. The van der Waals surface area contributed by atoms with Gasteiger partial charge in [-0.1, -0.05) is 12.1 Å². The summed E-state index contributed by atoms with van der Waals surface area (Å²) in [6.45, 7) is 2.84. The molecule has 1 amide bonds. The minimum absolute atomic E-state index is 0.0171. The summed E-state index contributed by atoms with van der Waals surface area (Å²) in [6, 6.07) is 10.2. The Morgan fingerprint density at radius 3 is 2.71 bits per heavy atom. The van der Waals surface area contributed by atoms with Crippen molar-refractivity contribution in [1.29, 1.82) is 5.26 Å². The lowest BCUT2D eigenvalue weighted by Gasteiger charge is -2.28. The molecular formula is C25H28N8O. The van der Waals surface area contributed by atoms with Crippen molar-refractivity contribution >= 4 is 28.8 Å². The van der Waals surface area contributed by atoms with Crippen LogP contribution < -0.4 is 10.6 Å². The van der Waals surface area contributed by atoms with Gasteiger partial charge >= 0.3 is 0 Å². The average molecular weight is 457 g/mol. The number of rotatable bonds is 5. The second-order valence-corrected chi connectivity index (χ2v) is 9.04. The molecule has 0 unspecified atom stereocenters. The summed E-state index contributed by atoms with van der Waals surface area (Å²) in [5.74, 6) is 0.578. The summed E-state index contributed by atoms with van der Waals surface area (Å²) in [7, 11) is 3.96. The number of fused-ring (bicyclic) bond motifs is 1. The van der Waals surface area contributed by atoms with E-state index in [9.17, 15) is 10.1 Å². The van der Waals surface area contributed by atoms with Crippen LogP contribution in [0.4, 0.5) is 22.9 Å². The number of likely N-dealkylation sites (tertiary alicyclic amines) is 1. The van der Waals surface area contributed by atoms with Gasteiger partial charge in [0.15, 0.2) is 0 Å². The first-order valence-corrected chi connectivity index (χ1v) is 11.6. The summed E-state index contributed by atoms with van der Waals surface area (Å²) in [5.41, 5.74) is 4.21. The predicted octanol–water partition coefficient (Wildman–Crippen LogP) is 3.53. The van der Waals surface area contributed by atoms with Crippen LogP contribution in [-0.4, -0.2) is 64.2 Å². The van der Waals surface area contributed by atoms with Crippen LogP contribution in [0.2, 0.25) is 0 Å². The number of aromatic nitrogens is 3. The molecule has 5 rings (SSSR count). The summed E-state index contributed by atoms with van der Waals surface area (Å²) in [5, 5.41) is 20.8. The number of likely N-dealkylation sites (N-methyl/N-ethyl adjacent to an activating group) is 1. The van der Waals surface area contributed by atoms with Crippen LogP contribution in [0.25, 0.3) is 0 Å². The third kappa shape index (κ3) is 4.32. The van der Waals surface area contributed by atoms with E-state index in [4.69, 9.17) is 0 Å². The molecule has 0 saturated carbocycles. The zero-order valence-electron chi connectivity index (χ0n) is 19.5. The maximum absolute atomic E-state index is 12.8. The van der Waals surface area contributed by atoms with E-state index in [0.717, 1.165) is 43.6 Å². The number of nitrogens with one attached hydrogen (secondary N) is 2. The van der Waals surface area contributed by atoms with Crippen molar-refractivity contribution in [3.63, 3.8) is 0 Å². The lowest BCUT2D eigenvalue weighted by molar-refractivity contribution is 0.0782. The van der Waals surface area contributed by atoms with Gasteiger partial charge in [0.25, 0.3) is 5.91 Å². The fourth-order valence-electron chi connectivity index (χ4n) is 4.62. The monoisotopic (exact) mass is 456 g/mol. The number of nitrogens with zero attached hydrogens (tertiary/aromatic N) is 6. The fraction of sp³-hybridized carbons (Fsp3) is 0.360. The number of amides is 1. The molecule has 9 nitrogen and oxygen atoms in total.